The predicted molar refractivity (Wildman–Crippen MR) is 132 cm³/mol. The van der Waals surface area contributed by atoms with E-state index in [1.54, 1.807) is 13.8 Å². The number of anilines is 1. The lowest BCUT2D eigenvalue weighted by Gasteiger charge is -2.23. The van der Waals surface area contributed by atoms with Gasteiger partial charge in [-0.1, -0.05) is 19.3 Å². The second-order valence-corrected chi connectivity index (χ2v) is 7.91. The maximum absolute atomic E-state index is 15.2. The van der Waals surface area contributed by atoms with Crippen LogP contribution in [0.3, 0.4) is 0 Å². The number of alkyl halides is 3. The molecule has 196 valence electrons. The van der Waals surface area contributed by atoms with Gasteiger partial charge in [0.05, 0.1) is 29.6 Å². The molecule has 0 atom stereocenters. The fourth-order valence-electron chi connectivity index (χ4n) is 3.14. The lowest BCUT2D eigenvalue weighted by molar-refractivity contribution is -0.140. The molecule has 1 amide bonds. The first-order chi connectivity index (χ1) is 17.2. The molecule has 4 rings (SSSR count). The van der Waals surface area contributed by atoms with Crippen LogP contribution in [0.1, 0.15) is 44.2 Å². The van der Waals surface area contributed by atoms with Crippen molar-refractivity contribution in [1.29, 1.82) is 0 Å². The first-order valence-electron chi connectivity index (χ1n) is 11.0. The zero-order chi connectivity index (χ0) is 26.9. The molecule has 1 aromatic heterocycles. The summed E-state index contributed by atoms with van der Waals surface area (Å²) >= 11 is 0. The maximum atomic E-state index is 15.2. The molecule has 9 nitrogen and oxygen atoms in total. The SMILES string of the molecule is C1CC1.C=N/C(=C\N1C=C(c2c(C(F)(F)F)c(F)c(NC(C)C)c3[nH]ncc23)N=CC1)NC=O.CO. The molecular formula is C23H29F4N7O2. The number of aliphatic hydroxyl groups is 1. The van der Waals surface area contributed by atoms with E-state index in [0.717, 1.165) is 7.11 Å². The van der Waals surface area contributed by atoms with Gasteiger partial charge in [-0.05, 0) is 20.6 Å². The van der Waals surface area contributed by atoms with E-state index >= 15 is 4.39 Å². The number of aromatic amines is 1. The normalized spacial score (nSPS) is 14.9. The highest BCUT2D eigenvalue weighted by Gasteiger charge is 2.41. The number of hydrogen-bond acceptors (Lipinski definition) is 7. The molecule has 4 N–H and O–H groups in total. The summed E-state index contributed by atoms with van der Waals surface area (Å²) in [7, 11) is 1.00. The van der Waals surface area contributed by atoms with Gasteiger partial charge in [0.25, 0.3) is 0 Å². The Bertz CT molecular complexity index is 1150. The molecule has 0 radical (unpaired) electrons. The van der Waals surface area contributed by atoms with Crippen molar-refractivity contribution in [3.8, 4) is 0 Å². The molecule has 1 aliphatic carbocycles. The molecule has 13 heteroatoms. The minimum absolute atomic E-state index is 0.0548. The Labute approximate surface area is 205 Å². The lowest BCUT2D eigenvalue weighted by atomic mass is 9.97. The van der Waals surface area contributed by atoms with Gasteiger partial charge in [-0.3, -0.25) is 14.9 Å². The monoisotopic (exact) mass is 511 g/mol. The van der Waals surface area contributed by atoms with Gasteiger partial charge in [0, 0.05) is 42.7 Å². The molecule has 1 aromatic carbocycles. The van der Waals surface area contributed by atoms with Crippen LogP contribution in [0.5, 0.6) is 0 Å². The van der Waals surface area contributed by atoms with E-state index in [4.69, 9.17) is 5.11 Å². The highest BCUT2D eigenvalue weighted by Crippen LogP contribution is 2.44. The third-order valence-corrected chi connectivity index (χ3v) is 4.65. The number of aliphatic hydroxyl groups excluding tert-OH is 1. The van der Waals surface area contributed by atoms with Crippen LogP contribution in [0.4, 0.5) is 23.2 Å². The van der Waals surface area contributed by atoms with Crippen molar-refractivity contribution in [2.24, 2.45) is 9.98 Å². The quantitative estimate of drug-likeness (QED) is 0.252. The average Bonchev–Trinajstić information content (AvgIpc) is 3.65. The average molecular weight is 512 g/mol. The molecule has 1 saturated carbocycles. The summed E-state index contributed by atoms with van der Waals surface area (Å²) in [4.78, 5) is 19.8. The van der Waals surface area contributed by atoms with Crippen LogP contribution in [0, 0.1) is 5.82 Å². The standard InChI is InChI=1S/C19H19F4N7O.C3H6.CH4O/c1-10(2)28-18-16(20)15(19(21,22)23)14(11-6-27-29-17(11)18)12-7-30(5-4-25-12)8-13(24-3)26-9-31;1-2-3-1;1-2/h4,6-10,28H,3,5H2,1-2H3,(H,26,31)(H,27,29);1-3H2;2H,1H3/b13-8+;;. The third-order valence-electron chi connectivity index (χ3n) is 4.65. The first-order valence-corrected chi connectivity index (χ1v) is 11.0. The van der Waals surface area contributed by atoms with Crippen molar-refractivity contribution in [3.63, 3.8) is 0 Å². The minimum atomic E-state index is -5.00. The summed E-state index contributed by atoms with van der Waals surface area (Å²) in [6, 6.07) is -0.323. The smallest absolute Gasteiger partial charge is 0.400 e. The zero-order valence-corrected chi connectivity index (χ0v) is 20.2. The van der Waals surface area contributed by atoms with Crippen LogP contribution < -0.4 is 10.6 Å². The van der Waals surface area contributed by atoms with Gasteiger partial charge in [0.15, 0.2) is 5.82 Å². The third kappa shape index (κ3) is 7.13. The van der Waals surface area contributed by atoms with Crippen LogP contribution in [0.2, 0.25) is 0 Å². The van der Waals surface area contributed by atoms with Crippen molar-refractivity contribution in [3.05, 3.63) is 41.4 Å². The Morgan fingerprint density at radius 1 is 1.31 bits per heavy atom. The number of nitrogens with zero attached hydrogens (tertiary/aromatic N) is 4. The van der Waals surface area contributed by atoms with Crippen molar-refractivity contribution in [2.75, 3.05) is 19.0 Å². The van der Waals surface area contributed by atoms with E-state index in [1.165, 1.54) is 49.0 Å². The van der Waals surface area contributed by atoms with E-state index in [9.17, 15) is 18.0 Å². The number of nitrogens with one attached hydrogen (secondary N) is 3. The molecule has 2 heterocycles. The Morgan fingerprint density at radius 3 is 2.50 bits per heavy atom. The molecule has 0 spiro atoms. The molecule has 1 fully saturated rings. The summed E-state index contributed by atoms with van der Waals surface area (Å²) < 4.78 is 57.2. The summed E-state index contributed by atoms with van der Waals surface area (Å²) in [5.41, 5.74) is -2.26. The number of H-pyrrole nitrogens is 1. The lowest BCUT2D eigenvalue weighted by Crippen LogP contribution is -2.22. The second-order valence-electron chi connectivity index (χ2n) is 7.91. The van der Waals surface area contributed by atoms with Gasteiger partial charge >= 0.3 is 6.18 Å². The first kappa shape index (κ1) is 28.5. The van der Waals surface area contributed by atoms with Crippen LogP contribution in [-0.4, -0.2) is 59.2 Å². The molecule has 0 unspecified atom stereocenters. The van der Waals surface area contributed by atoms with Gasteiger partial charge in [0.2, 0.25) is 6.41 Å². The van der Waals surface area contributed by atoms with Crippen molar-refractivity contribution in [1.82, 2.24) is 20.4 Å². The Hall–Kier alpha value is -3.74. The summed E-state index contributed by atoms with van der Waals surface area (Å²) in [5.74, 6) is -1.37. The van der Waals surface area contributed by atoms with Crippen molar-refractivity contribution in [2.45, 2.75) is 45.3 Å². The number of hydrogen-bond donors (Lipinski definition) is 4. The number of benzene rings is 1. The van der Waals surface area contributed by atoms with Gasteiger partial charge in [-0.15, -0.1) is 0 Å². The zero-order valence-electron chi connectivity index (χ0n) is 20.2. The Kier molecular flexibility index (Phi) is 10.1. The van der Waals surface area contributed by atoms with Gasteiger partial charge in [0.1, 0.15) is 11.4 Å². The van der Waals surface area contributed by atoms with Crippen LogP contribution >= 0.6 is 0 Å². The van der Waals surface area contributed by atoms with Crippen molar-refractivity contribution >= 4 is 41.6 Å². The Balaban J connectivity index is 0.000000829. The molecule has 2 aliphatic rings. The molecule has 2 aromatic rings. The number of carbonyl (C=O) groups is 1. The number of amides is 1. The Morgan fingerprint density at radius 2 is 1.97 bits per heavy atom. The largest absolute Gasteiger partial charge is 0.419 e. The van der Waals surface area contributed by atoms with Crippen LogP contribution in [0.25, 0.3) is 16.6 Å². The van der Waals surface area contributed by atoms with Gasteiger partial charge in [-0.25, -0.2) is 9.38 Å². The van der Waals surface area contributed by atoms with Gasteiger partial charge < -0.3 is 20.6 Å². The number of aromatic nitrogens is 2. The van der Waals surface area contributed by atoms with E-state index < -0.39 is 23.1 Å². The van der Waals surface area contributed by atoms with Crippen LogP contribution in [-0.2, 0) is 11.0 Å². The van der Waals surface area contributed by atoms with E-state index in [2.05, 4.69) is 37.5 Å². The molecule has 0 bridgehead atoms. The second kappa shape index (κ2) is 12.8. The number of halogens is 4. The fourth-order valence-corrected chi connectivity index (χ4v) is 3.14. The number of fused-ring (bicyclic) bond motifs is 1. The van der Waals surface area contributed by atoms with E-state index in [0.29, 0.717) is 6.41 Å². The minimum Gasteiger partial charge on any atom is -0.400 e. The molecule has 36 heavy (non-hydrogen) atoms. The summed E-state index contributed by atoms with van der Waals surface area (Å²) in [6.07, 6.45) is 5.09. The number of aliphatic imine (C=N–C) groups is 2. The number of rotatable bonds is 7. The van der Waals surface area contributed by atoms with E-state index in [1.807, 2.05) is 0 Å². The summed E-state index contributed by atoms with van der Waals surface area (Å²) in [6.45, 7) is 6.86. The highest BCUT2D eigenvalue weighted by atomic mass is 19.4. The fraction of sp³-hybridized carbons (Fsp3) is 0.391. The molecular weight excluding hydrogens is 482 g/mol. The maximum Gasteiger partial charge on any atom is 0.419 e. The van der Waals surface area contributed by atoms with Crippen LogP contribution in [0.15, 0.2) is 34.4 Å². The van der Waals surface area contributed by atoms with E-state index in [-0.39, 0.29) is 40.7 Å². The molecule has 1 aliphatic heterocycles. The van der Waals surface area contributed by atoms with Gasteiger partial charge in [-0.2, -0.15) is 18.3 Å². The van der Waals surface area contributed by atoms with Crippen molar-refractivity contribution < 1.29 is 27.5 Å². The highest BCUT2D eigenvalue weighted by molar-refractivity contribution is 6.01. The molecule has 0 saturated heterocycles. The topological polar surface area (TPSA) is 118 Å². The number of carbonyl (C=O) groups excluding carboxylic acids is 1. The summed E-state index contributed by atoms with van der Waals surface area (Å²) in [5, 5.41) is 18.5. The predicted octanol–water partition coefficient (Wildman–Crippen LogP) is 4.25.